The highest BCUT2D eigenvalue weighted by atomic mass is 16.3. The molecule has 2 heteroatoms. The number of hydrogen-bond acceptors (Lipinski definition) is 1. The van der Waals surface area contributed by atoms with Crippen LogP contribution in [0.3, 0.4) is 0 Å². The van der Waals surface area contributed by atoms with Gasteiger partial charge in [-0.2, -0.15) is 0 Å². The number of para-hydroxylation sites is 2. The van der Waals surface area contributed by atoms with E-state index in [4.69, 9.17) is 0 Å². The fourth-order valence-corrected chi connectivity index (χ4v) is 4.42. The first-order valence-electron chi connectivity index (χ1n) is 10.1. The Balaban J connectivity index is 1.48. The first-order valence-corrected chi connectivity index (χ1v) is 10.1. The molecule has 0 bridgehead atoms. The van der Waals surface area contributed by atoms with E-state index in [-0.39, 0.29) is 0 Å². The van der Waals surface area contributed by atoms with Crippen LogP contribution in [0.1, 0.15) is 0 Å². The molecule has 0 aliphatic carbocycles. The summed E-state index contributed by atoms with van der Waals surface area (Å²) in [5.41, 5.74) is 5.94. The standard InChI is InChI=1S/C28H19NO/c30-24-16-13-21-17-20(9-10-22(21)18-24)19-11-14-23(15-12-19)29-27-7-3-1-5-25(27)26-6-2-4-8-28(26)29/h1-18,30H. The number of nitrogens with zero attached hydrogens (tertiary/aromatic N) is 1. The first kappa shape index (κ1) is 16.9. The monoisotopic (exact) mass is 385 g/mol. The normalized spacial score (nSPS) is 11.5. The third kappa shape index (κ3) is 2.58. The van der Waals surface area contributed by atoms with Crippen LogP contribution in [0.4, 0.5) is 0 Å². The summed E-state index contributed by atoms with van der Waals surface area (Å²) in [6.45, 7) is 0. The lowest BCUT2D eigenvalue weighted by Crippen LogP contribution is -1.93. The molecule has 1 aromatic heterocycles. The van der Waals surface area contributed by atoms with Gasteiger partial charge in [-0.1, -0.05) is 66.7 Å². The van der Waals surface area contributed by atoms with Gasteiger partial charge in [-0.15, -0.1) is 0 Å². The van der Waals surface area contributed by atoms with E-state index in [9.17, 15) is 5.11 Å². The smallest absolute Gasteiger partial charge is 0.116 e. The van der Waals surface area contributed by atoms with E-state index >= 15 is 0 Å². The van der Waals surface area contributed by atoms with Crippen molar-refractivity contribution in [2.45, 2.75) is 0 Å². The van der Waals surface area contributed by atoms with E-state index in [1.54, 1.807) is 12.1 Å². The van der Waals surface area contributed by atoms with Crippen LogP contribution in [-0.4, -0.2) is 9.67 Å². The summed E-state index contributed by atoms with van der Waals surface area (Å²) in [7, 11) is 0. The molecule has 0 saturated heterocycles. The molecule has 0 unspecified atom stereocenters. The molecule has 0 amide bonds. The van der Waals surface area contributed by atoms with Crippen molar-refractivity contribution in [3.63, 3.8) is 0 Å². The Morgan fingerprint density at radius 2 is 1.07 bits per heavy atom. The SMILES string of the molecule is Oc1ccc2cc(-c3ccc(-n4c5ccccc5c5ccccc54)cc3)ccc2c1. The fraction of sp³-hybridized carbons (Fsp3) is 0. The van der Waals surface area contributed by atoms with Crippen molar-refractivity contribution in [3.8, 4) is 22.6 Å². The minimum absolute atomic E-state index is 0.297. The minimum atomic E-state index is 0.297. The molecule has 0 aliphatic heterocycles. The summed E-state index contributed by atoms with van der Waals surface area (Å²) in [5.74, 6) is 0.297. The van der Waals surface area contributed by atoms with Crippen molar-refractivity contribution in [3.05, 3.63) is 109 Å². The Morgan fingerprint density at radius 3 is 1.77 bits per heavy atom. The van der Waals surface area contributed by atoms with Gasteiger partial charge in [0, 0.05) is 16.5 Å². The summed E-state index contributed by atoms with van der Waals surface area (Å²) in [6.07, 6.45) is 0. The van der Waals surface area contributed by atoms with Crippen LogP contribution < -0.4 is 0 Å². The lowest BCUT2D eigenvalue weighted by Gasteiger charge is -2.10. The highest BCUT2D eigenvalue weighted by Crippen LogP contribution is 2.33. The van der Waals surface area contributed by atoms with E-state index in [1.165, 1.54) is 32.9 Å². The van der Waals surface area contributed by atoms with Crippen LogP contribution in [-0.2, 0) is 0 Å². The molecule has 6 aromatic rings. The molecule has 0 saturated carbocycles. The van der Waals surface area contributed by atoms with Crippen LogP contribution in [0, 0.1) is 0 Å². The molecule has 142 valence electrons. The zero-order valence-electron chi connectivity index (χ0n) is 16.3. The molecule has 0 aliphatic rings. The zero-order valence-corrected chi connectivity index (χ0v) is 16.3. The molecule has 0 radical (unpaired) electrons. The molecule has 30 heavy (non-hydrogen) atoms. The summed E-state index contributed by atoms with van der Waals surface area (Å²) in [6, 6.07) is 37.7. The van der Waals surface area contributed by atoms with E-state index in [2.05, 4.69) is 95.6 Å². The quantitative estimate of drug-likeness (QED) is 0.332. The highest BCUT2D eigenvalue weighted by Gasteiger charge is 2.11. The Bertz CT molecular complexity index is 1490. The molecular formula is C28H19NO. The van der Waals surface area contributed by atoms with Crippen molar-refractivity contribution < 1.29 is 5.11 Å². The van der Waals surface area contributed by atoms with Gasteiger partial charge in [0.1, 0.15) is 5.75 Å². The van der Waals surface area contributed by atoms with Crippen molar-refractivity contribution in [1.82, 2.24) is 4.57 Å². The largest absolute Gasteiger partial charge is 0.508 e. The maximum atomic E-state index is 9.69. The second-order valence-corrected chi connectivity index (χ2v) is 7.66. The van der Waals surface area contributed by atoms with E-state index in [0.717, 1.165) is 16.5 Å². The van der Waals surface area contributed by atoms with Crippen molar-refractivity contribution in [2.75, 3.05) is 0 Å². The predicted molar refractivity (Wildman–Crippen MR) is 125 cm³/mol. The van der Waals surface area contributed by atoms with Crippen LogP contribution in [0.25, 0.3) is 49.4 Å². The lowest BCUT2D eigenvalue weighted by atomic mass is 10.0. The fourth-order valence-electron chi connectivity index (χ4n) is 4.42. The summed E-state index contributed by atoms with van der Waals surface area (Å²) >= 11 is 0. The number of aromatic hydroxyl groups is 1. The van der Waals surface area contributed by atoms with Crippen molar-refractivity contribution >= 4 is 32.6 Å². The molecule has 2 nitrogen and oxygen atoms in total. The highest BCUT2D eigenvalue weighted by molar-refractivity contribution is 6.09. The van der Waals surface area contributed by atoms with E-state index in [0.29, 0.717) is 5.75 Å². The van der Waals surface area contributed by atoms with Crippen LogP contribution >= 0.6 is 0 Å². The number of aromatic nitrogens is 1. The molecule has 0 atom stereocenters. The number of fused-ring (bicyclic) bond motifs is 4. The molecule has 1 heterocycles. The Hall–Kier alpha value is -4.04. The Labute approximate surface area is 174 Å². The Morgan fingerprint density at radius 1 is 0.500 bits per heavy atom. The minimum Gasteiger partial charge on any atom is -0.508 e. The maximum absolute atomic E-state index is 9.69. The van der Waals surface area contributed by atoms with Crippen LogP contribution in [0.15, 0.2) is 109 Å². The number of rotatable bonds is 2. The van der Waals surface area contributed by atoms with Gasteiger partial charge in [0.05, 0.1) is 11.0 Å². The zero-order chi connectivity index (χ0) is 20.1. The number of benzene rings is 5. The molecule has 0 spiro atoms. The van der Waals surface area contributed by atoms with Gasteiger partial charge in [0.15, 0.2) is 0 Å². The number of hydrogen-bond donors (Lipinski definition) is 1. The third-order valence-electron chi connectivity index (χ3n) is 5.86. The second kappa shape index (κ2) is 6.50. The van der Waals surface area contributed by atoms with Gasteiger partial charge in [-0.05, 0) is 64.4 Å². The average Bonchev–Trinajstić information content (AvgIpc) is 3.13. The van der Waals surface area contributed by atoms with Gasteiger partial charge in [-0.25, -0.2) is 0 Å². The summed E-state index contributed by atoms with van der Waals surface area (Å²) < 4.78 is 2.33. The van der Waals surface area contributed by atoms with Gasteiger partial charge in [0.25, 0.3) is 0 Å². The number of phenolic OH excluding ortho intramolecular Hbond substituents is 1. The summed E-state index contributed by atoms with van der Waals surface area (Å²) in [4.78, 5) is 0. The van der Waals surface area contributed by atoms with Crippen molar-refractivity contribution in [2.24, 2.45) is 0 Å². The van der Waals surface area contributed by atoms with Gasteiger partial charge in [-0.3, -0.25) is 0 Å². The topological polar surface area (TPSA) is 25.2 Å². The van der Waals surface area contributed by atoms with Crippen LogP contribution in [0.5, 0.6) is 5.75 Å². The molecular weight excluding hydrogens is 366 g/mol. The predicted octanol–water partition coefficient (Wildman–Crippen LogP) is 7.31. The summed E-state index contributed by atoms with van der Waals surface area (Å²) in [5, 5.41) is 14.4. The van der Waals surface area contributed by atoms with E-state index < -0.39 is 0 Å². The molecule has 5 aromatic carbocycles. The van der Waals surface area contributed by atoms with Crippen LogP contribution in [0.2, 0.25) is 0 Å². The third-order valence-corrected chi connectivity index (χ3v) is 5.86. The van der Waals surface area contributed by atoms with Gasteiger partial charge < -0.3 is 9.67 Å². The van der Waals surface area contributed by atoms with Gasteiger partial charge in [0.2, 0.25) is 0 Å². The Kier molecular flexibility index (Phi) is 3.65. The second-order valence-electron chi connectivity index (χ2n) is 7.66. The molecule has 0 fully saturated rings. The number of phenols is 1. The van der Waals surface area contributed by atoms with Crippen molar-refractivity contribution in [1.29, 1.82) is 0 Å². The van der Waals surface area contributed by atoms with Gasteiger partial charge >= 0.3 is 0 Å². The first-order chi connectivity index (χ1) is 14.8. The molecule has 6 rings (SSSR count). The van der Waals surface area contributed by atoms with E-state index in [1.807, 2.05) is 6.07 Å². The maximum Gasteiger partial charge on any atom is 0.116 e. The molecule has 1 N–H and O–H groups in total. The average molecular weight is 385 g/mol. The lowest BCUT2D eigenvalue weighted by molar-refractivity contribution is 0.476.